The van der Waals surface area contributed by atoms with E-state index in [0.29, 0.717) is 19.3 Å². The summed E-state index contributed by atoms with van der Waals surface area (Å²) in [5, 5.41) is 10.5. The maximum absolute atomic E-state index is 10.5. The van der Waals surface area contributed by atoms with Gasteiger partial charge in [-0.3, -0.25) is 4.90 Å². The van der Waals surface area contributed by atoms with Crippen molar-refractivity contribution in [3.05, 3.63) is 0 Å². The van der Waals surface area contributed by atoms with Crippen LogP contribution in [0.3, 0.4) is 0 Å². The van der Waals surface area contributed by atoms with Crippen LogP contribution in [0.25, 0.3) is 0 Å². The van der Waals surface area contributed by atoms with Crippen LogP contribution in [-0.4, -0.2) is 53.7 Å². The van der Waals surface area contributed by atoms with Crippen molar-refractivity contribution in [3.8, 4) is 0 Å². The van der Waals surface area contributed by atoms with Gasteiger partial charge in [-0.15, -0.1) is 0 Å². The molecule has 3 unspecified atom stereocenters. The molecular weight excluding hydrogens is 254 g/mol. The van der Waals surface area contributed by atoms with Crippen LogP contribution in [0.4, 0.5) is 0 Å². The zero-order valence-electron chi connectivity index (χ0n) is 12.7. The molecule has 3 aliphatic rings. The van der Waals surface area contributed by atoms with Gasteiger partial charge in [-0.1, -0.05) is 19.8 Å². The van der Waals surface area contributed by atoms with Gasteiger partial charge in [-0.2, -0.15) is 0 Å². The summed E-state index contributed by atoms with van der Waals surface area (Å²) in [6.45, 7) is 4.81. The number of ether oxygens (including phenoxy) is 2. The molecule has 0 aromatic rings. The first-order valence-corrected chi connectivity index (χ1v) is 8.46. The van der Waals surface area contributed by atoms with E-state index in [1.165, 1.54) is 32.1 Å². The van der Waals surface area contributed by atoms with Gasteiger partial charge < -0.3 is 14.6 Å². The van der Waals surface area contributed by atoms with Gasteiger partial charge >= 0.3 is 0 Å². The zero-order chi connectivity index (χ0) is 14.0. The molecular formula is C16H29NO3. The minimum atomic E-state index is -0.391. The fourth-order valence-electron chi connectivity index (χ4n) is 4.32. The topological polar surface area (TPSA) is 41.9 Å². The van der Waals surface area contributed by atoms with Crippen LogP contribution in [0.5, 0.6) is 0 Å². The Hall–Kier alpha value is -0.160. The molecule has 0 bridgehead atoms. The molecule has 4 nitrogen and oxygen atoms in total. The first-order valence-electron chi connectivity index (χ1n) is 8.46. The number of aliphatic hydroxyl groups is 1. The van der Waals surface area contributed by atoms with E-state index in [1.807, 2.05) is 0 Å². The number of hydrogen-bond donors (Lipinski definition) is 1. The molecule has 1 aliphatic carbocycles. The number of aliphatic hydroxyl groups excluding tert-OH is 1. The monoisotopic (exact) mass is 283 g/mol. The molecule has 0 aromatic heterocycles. The smallest absolute Gasteiger partial charge is 0.170 e. The predicted octanol–water partition coefficient (Wildman–Crippen LogP) is 2.30. The summed E-state index contributed by atoms with van der Waals surface area (Å²) < 4.78 is 11.8. The Morgan fingerprint density at radius 3 is 2.75 bits per heavy atom. The van der Waals surface area contributed by atoms with Crippen molar-refractivity contribution >= 4 is 0 Å². The highest BCUT2D eigenvalue weighted by molar-refractivity contribution is 4.96. The number of nitrogens with zero attached hydrogens (tertiary/aromatic N) is 1. The van der Waals surface area contributed by atoms with Crippen LogP contribution in [-0.2, 0) is 9.47 Å². The summed E-state index contributed by atoms with van der Waals surface area (Å²) in [6.07, 6.45) is 8.63. The summed E-state index contributed by atoms with van der Waals surface area (Å²) in [6, 6.07) is 0.864. The molecule has 0 radical (unpaired) electrons. The molecule has 2 heterocycles. The van der Waals surface area contributed by atoms with Crippen LogP contribution >= 0.6 is 0 Å². The van der Waals surface area contributed by atoms with Gasteiger partial charge in [-0.25, -0.2) is 0 Å². The lowest BCUT2D eigenvalue weighted by atomic mass is 9.83. The van der Waals surface area contributed by atoms with Crippen molar-refractivity contribution in [1.82, 2.24) is 4.90 Å². The summed E-state index contributed by atoms with van der Waals surface area (Å²) >= 11 is 0. The molecule has 0 amide bonds. The van der Waals surface area contributed by atoms with Crippen LogP contribution < -0.4 is 0 Å². The fourth-order valence-corrected chi connectivity index (χ4v) is 4.32. The Labute approximate surface area is 122 Å². The Balaban J connectivity index is 1.71. The lowest BCUT2D eigenvalue weighted by molar-refractivity contribution is -0.208. The van der Waals surface area contributed by atoms with Gasteiger partial charge in [0, 0.05) is 24.9 Å². The Morgan fingerprint density at radius 1 is 1.20 bits per heavy atom. The molecule has 1 N–H and O–H groups in total. The van der Waals surface area contributed by atoms with E-state index in [4.69, 9.17) is 9.47 Å². The Bertz CT molecular complexity index is 315. The molecule has 3 atom stereocenters. The lowest BCUT2D eigenvalue weighted by Gasteiger charge is -2.48. The van der Waals surface area contributed by atoms with Crippen LogP contribution in [0.15, 0.2) is 0 Å². The van der Waals surface area contributed by atoms with E-state index in [0.717, 1.165) is 25.8 Å². The highest BCUT2D eigenvalue weighted by atomic mass is 16.7. The first-order chi connectivity index (χ1) is 9.74. The van der Waals surface area contributed by atoms with Crippen molar-refractivity contribution in [2.45, 2.75) is 82.3 Å². The van der Waals surface area contributed by atoms with Gasteiger partial charge in [0.25, 0.3) is 0 Å². The molecule has 3 rings (SSSR count). The third-order valence-corrected chi connectivity index (χ3v) is 5.32. The Morgan fingerprint density at radius 2 is 2.00 bits per heavy atom. The van der Waals surface area contributed by atoms with E-state index in [9.17, 15) is 5.11 Å². The van der Waals surface area contributed by atoms with E-state index in [-0.39, 0.29) is 12.1 Å². The molecule has 4 heteroatoms. The van der Waals surface area contributed by atoms with Crippen molar-refractivity contribution in [2.75, 3.05) is 19.8 Å². The van der Waals surface area contributed by atoms with Crippen LogP contribution in [0, 0.1) is 0 Å². The van der Waals surface area contributed by atoms with Gasteiger partial charge in [0.1, 0.15) is 0 Å². The Kier molecular flexibility index (Phi) is 4.65. The third-order valence-electron chi connectivity index (χ3n) is 5.32. The normalized spacial score (nSPS) is 38.4. The van der Waals surface area contributed by atoms with Crippen molar-refractivity contribution < 1.29 is 14.6 Å². The fraction of sp³-hybridized carbons (Fsp3) is 1.00. The maximum atomic E-state index is 10.5. The van der Waals surface area contributed by atoms with E-state index in [2.05, 4.69) is 11.8 Å². The van der Waals surface area contributed by atoms with Gasteiger partial charge in [0.2, 0.25) is 0 Å². The van der Waals surface area contributed by atoms with Crippen LogP contribution in [0.1, 0.15) is 58.3 Å². The van der Waals surface area contributed by atoms with Crippen LogP contribution in [0.2, 0.25) is 0 Å². The summed E-state index contributed by atoms with van der Waals surface area (Å²) in [7, 11) is 0. The number of hydrogen-bond acceptors (Lipinski definition) is 4. The minimum absolute atomic E-state index is 0.217. The zero-order valence-corrected chi connectivity index (χ0v) is 12.7. The molecule has 3 fully saturated rings. The standard InChI is InChI=1S/C16H29NO3/c1-2-5-13-6-3-4-9-17(13)14-12-16(8-7-15(14)18)19-10-11-20-16/h13-15,18H,2-12H2,1H3. The number of likely N-dealkylation sites (tertiary alicyclic amines) is 1. The molecule has 2 saturated heterocycles. The summed E-state index contributed by atoms with van der Waals surface area (Å²) in [4.78, 5) is 2.57. The second kappa shape index (κ2) is 6.30. The SMILES string of the molecule is CCCC1CCCCN1C1CC2(CCC1O)OCCO2. The third kappa shape index (κ3) is 2.89. The number of piperidine rings is 1. The lowest BCUT2D eigenvalue weighted by Crippen LogP contribution is -2.57. The highest BCUT2D eigenvalue weighted by Gasteiger charge is 2.47. The van der Waals surface area contributed by atoms with E-state index in [1.54, 1.807) is 0 Å². The van der Waals surface area contributed by atoms with Gasteiger partial charge in [0.05, 0.1) is 19.3 Å². The molecule has 2 aliphatic heterocycles. The molecule has 0 aromatic carbocycles. The van der Waals surface area contributed by atoms with Gasteiger partial charge in [0.15, 0.2) is 5.79 Å². The highest BCUT2D eigenvalue weighted by Crippen LogP contribution is 2.39. The predicted molar refractivity (Wildman–Crippen MR) is 77.5 cm³/mol. The largest absolute Gasteiger partial charge is 0.391 e. The average Bonchev–Trinajstić information content (AvgIpc) is 2.92. The van der Waals surface area contributed by atoms with E-state index < -0.39 is 5.79 Å². The van der Waals surface area contributed by atoms with E-state index >= 15 is 0 Å². The molecule has 116 valence electrons. The number of rotatable bonds is 3. The quantitative estimate of drug-likeness (QED) is 0.863. The van der Waals surface area contributed by atoms with Crippen molar-refractivity contribution in [3.63, 3.8) is 0 Å². The summed E-state index contributed by atoms with van der Waals surface area (Å²) in [5.74, 6) is -0.391. The minimum Gasteiger partial charge on any atom is -0.391 e. The van der Waals surface area contributed by atoms with Gasteiger partial charge in [-0.05, 0) is 32.2 Å². The van der Waals surface area contributed by atoms with Crippen molar-refractivity contribution in [2.24, 2.45) is 0 Å². The first kappa shape index (κ1) is 14.8. The summed E-state index contributed by atoms with van der Waals surface area (Å²) in [5.41, 5.74) is 0. The average molecular weight is 283 g/mol. The second-order valence-corrected chi connectivity index (χ2v) is 6.66. The molecule has 1 saturated carbocycles. The van der Waals surface area contributed by atoms with Crippen molar-refractivity contribution in [1.29, 1.82) is 0 Å². The second-order valence-electron chi connectivity index (χ2n) is 6.66. The molecule has 20 heavy (non-hydrogen) atoms. The maximum Gasteiger partial charge on any atom is 0.170 e. The molecule has 1 spiro atoms.